The van der Waals surface area contributed by atoms with Crippen LogP contribution in [0, 0.1) is 30.5 Å². The lowest BCUT2D eigenvalue weighted by Crippen LogP contribution is -2.54. The minimum atomic E-state index is -2.05. The largest absolute Gasteiger partial charge is 0.458 e. The fourth-order valence-corrected chi connectivity index (χ4v) is 11.3. The molecule has 8 rings (SSSR count). The summed E-state index contributed by atoms with van der Waals surface area (Å²) in [7, 11) is 0. The second-order valence-electron chi connectivity index (χ2n) is 22.9. The molecule has 7 amide bonds. The number of urea groups is 1. The van der Waals surface area contributed by atoms with Gasteiger partial charge in [0, 0.05) is 54.2 Å². The smallest absolute Gasteiger partial charge is 0.407 e. The van der Waals surface area contributed by atoms with Crippen LogP contribution in [-0.2, 0) is 88.9 Å². The van der Waals surface area contributed by atoms with Crippen LogP contribution < -0.4 is 43.2 Å². The first-order valence-corrected chi connectivity index (χ1v) is 30.8. The molecule has 1 unspecified atom stereocenters. The third kappa shape index (κ3) is 17.7. The van der Waals surface area contributed by atoms with Crippen LogP contribution in [0.4, 0.5) is 19.7 Å². The van der Waals surface area contributed by atoms with Gasteiger partial charge in [-0.1, -0.05) is 45.2 Å². The van der Waals surface area contributed by atoms with Gasteiger partial charge >= 0.3 is 18.1 Å². The van der Waals surface area contributed by atoms with Crippen LogP contribution in [0.15, 0.2) is 41.2 Å². The van der Waals surface area contributed by atoms with Gasteiger partial charge in [0.2, 0.25) is 23.6 Å². The Balaban J connectivity index is 0.761. The van der Waals surface area contributed by atoms with Gasteiger partial charge in [0.15, 0.2) is 5.60 Å². The Kier molecular flexibility index (Phi) is 24.6. The Morgan fingerprint density at radius 2 is 1.59 bits per heavy atom. The molecule has 9 N–H and O–H groups in total. The molecular formula is C64H82FN9O16. The van der Waals surface area contributed by atoms with Gasteiger partial charge in [0.25, 0.3) is 5.56 Å². The molecule has 0 fully saturated rings. The minimum absolute atomic E-state index is 0.0353. The van der Waals surface area contributed by atoms with Crippen LogP contribution in [0.5, 0.6) is 0 Å². The van der Waals surface area contributed by atoms with Gasteiger partial charge in [0.05, 0.1) is 87.9 Å². The predicted octanol–water partition coefficient (Wildman–Crippen LogP) is 4.38. The number of anilines is 1. The van der Waals surface area contributed by atoms with Crippen LogP contribution >= 0.6 is 0 Å². The molecule has 486 valence electrons. The number of fused-ring (bicyclic) bond motifs is 5. The summed E-state index contributed by atoms with van der Waals surface area (Å²) in [5.41, 5.74) is 7.45. The molecule has 0 saturated heterocycles. The second-order valence-corrected chi connectivity index (χ2v) is 22.9. The molecule has 2 aliphatic carbocycles. The summed E-state index contributed by atoms with van der Waals surface area (Å²) in [5.74, 6) is 2.65. The van der Waals surface area contributed by atoms with Gasteiger partial charge in [0.1, 0.15) is 43.8 Å². The van der Waals surface area contributed by atoms with Gasteiger partial charge in [-0.3, -0.25) is 24.0 Å². The molecule has 26 heteroatoms. The van der Waals surface area contributed by atoms with Crippen molar-refractivity contribution in [3.8, 4) is 23.2 Å². The van der Waals surface area contributed by atoms with Crippen molar-refractivity contribution in [2.45, 2.75) is 148 Å². The van der Waals surface area contributed by atoms with E-state index in [1.165, 1.54) is 10.6 Å². The molecule has 5 atom stereocenters. The van der Waals surface area contributed by atoms with Crippen molar-refractivity contribution >= 4 is 58.3 Å². The highest BCUT2D eigenvalue weighted by Gasteiger charge is 2.46. The molecule has 2 aliphatic heterocycles. The number of nitrogens with zero attached hydrogens (tertiary/aromatic N) is 2. The lowest BCUT2D eigenvalue weighted by atomic mass is 9.81. The van der Waals surface area contributed by atoms with E-state index in [-0.39, 0.29) is 107 Å². The van der Waals surface area contributed by atoms with E-state index in [9.17, 15) is 43.5 Å². The van der Waals surface area contributed by atoms with E-state index >= 15 is 4.39 Å². The summed E-state index contributed by atoms with van der Waals surface area (Å²) in [6.45, 7) is 9.03. The van der Waals surface area contributed by atoms with E-state index < -0.39 is 70.9 Å². The minimum Gasteiger partial charge on any atom is -0.458 e. The van der Waals surface area contributed by atoms with E-state index in [1.54, 1.807) is 58.0 Å². The number of esters is 1. The number of benzene rings is 2. The average Bonchev–Trinajstić information content (AvgIpc) is 1.45. The Morgan fingerprint density at radius 1 is 0.867 bits per heavy atom. The molecule has 0 spiro atoms. The molecule has 2 aromatic heterocycles. The third-order valence-corrected chi connectivity index (χ3v) is 16.2. The number of carbonyl (C=O) groups is 7. The first-order valence-electron chi connectivity index (χ1n) is 30.8. The Labute approximate surface area is 521 Å². The highest BCUT2D eigenvalue weighted by Crippen LogP contribution is 2.46. The number of nitrogens with one attached hydrogen (secondary N) is 6. The molecule has 0 saturated carbocycles. The second kappa shape index (κ2) is 32.6. The number of halogens is 1. The third-order valence-electron chi connectivity index (χ3n) is 16.2. The van der Waals surface area contributed by atoms with Crippen LogP contribution in [0.2, 0.25) is 0 Å². The first kappa shape index (κ1) is 67.9. The monoisotopic (exact) mass is 1250 g/mol. The topological polar surface area (TPSA) is 337 Å². The molecule has 4 aromatic rings. The normalized spacial score (nSPS) is 17.8. The first-order chi connectivity index (χ1) is 43.4. The molecule has 4 heterocycles. The van der Waals surface area contributed by atoms with Gasteiger partial charge in [-0.05, 0) is 105 Å². The number of rotatable bonds is 32. The summed E-state index contributed by atoms with van der Waals surface area (Å²) >= 11 is 0. The van der Waals surface area contributed by atoms with Crippen LogP contribution in [-0.4, -0.2) is 147 Å². The Hall–Kier alpha value is -8.06. The number of aryl methyl sites for hydroxylation is 1. The highest BCUT2D eigenvalue weighted by molar-refractivity contribution is 5.99. The van der Waals surface area contributed by atoms with Gasteiger partial charge in [-0.25, -0.2) is 23.8 Å². The predicted molar refractivity (Wildman–Crippen MR) is 326 cm³/mol. The number of hydrogen-bond acceptors (Lipinski definition) is 17. The fraction of sp³-hybridized carbons (Fsp3) is 0.547. The van der Waals surface area contributed by atoms with Crippen LogP contribution in [0.1, 0.15) is 130 Å². The summed E-state index contributed by atoms with van der Waals surface area (Å²) < 4.78 is 55.7. The zero-order valence-corrected chi connectivity index (χ0v) is 51.4. The summed E-state index contributed by atoms with van der Waals surface area (Å²) in [4.78, 5) is 110. The molecule has 4 aliphatic rings. The maximum absolute atomic E-state index is 15.5. The van der Waals surface area contributed by atoms with Gasteiger partial charge in [-0.2, -0.15) is 0 Å². The van der Waals surface area contributed by atoms with Crippen molar-refractivity contribution in [1.29, 1.82) is 0 Å². The number of cyclic esters (lactones) is 1. The van der Waals surface area contributed by atoms with E-state index in [0.717, 1.165) is 37.7 Å². The van der Waals surface area contributed by atoms with Crippen molar-refractivity contribution in [3.63, 3.8) is 0 Å². The van der Waals surface area contributed by atoms with Crippen molar-refractivity contribution in [3.05, 3.63) is 91.5 Å². The Bertz CT molecular complexity index is 3390. The molecular weight excluding hydrogens is 1170 g/mol. The molecule has 0 radical (unpaired) electrons. The number of pyridine rings is 2. The van der Waals surface area contributed by atoms with E-state index in [0.29, 0.717) is 103 Å². The lowest BCUT2D eigenvalue weighted by Gasteiger charge is -2.31. The maximum Gasteiger partial charge on any atom is 0.407 e. The SMILES string of the molecule is CC[C@@]1(O)C(=O)OCc2c1cc1n(c2=O)Cc2c-1nc1cc(F)c(C)c3c1c2[C@@H](NC(=O)OCc1ccc(NC(=O)[C@H](CCCNC(N)=O)NC(=O)[C@@H](NC(=O)CCOCCOCCOCCOCCNC(=O)COC2C#CCCCCC2)C(C)C)cc1)CC3. The number of aromatic nitrogens is 2. The number of amides is 7. The summed E-state index contributed by atoms with van der Waals surface area (Å²) in [6.07, 6.45) is 5.06. The van der Waals surface area contributed by atoms with E-state index in [4.69, 9.17) is 43.9 Å². The number of alkyl carbamates (subject to hydrolysis) is 1. The lowest BCUT2D eigenvalue weighted by molar-refractivity contribution is -0.172. The Morgan fingerprint density at radius 3 is 2.30 bits per heavy atom. The molecule has 90 heavy (non-hydrogen) atoms. The van der Waals surface area contributed by atoms with Crippen molar-refractivity contribution in [2.75, 3.05) is 77.9 Å². The number of primary amides is 1. The zero-order chi connectivity index (χ0) is 64.3. The standard InChI is InChI=1S/C64H82FN9O16/c1-5-64(83)46-32-51-57-44(34-74(51)60(79)45(46)36-89-61(64)80)55-48(20-19-43-39(4)47(65)33-50(70-57)54(43)55)72-63(82)90-35-40-15-17-41(18-16-40)69-58(77)49(14-11-22-68-62(66)81)71-59(78)56(38(2)3)73-52(75)21-24-84-26-28-86-30-31-87-29-27-85-25-23-67-53(76)37-88-42-12-9-7-6-8-10-13-42/h15-18,32-33,38,42,48-49,56,83H,5-9,11-12,14,19-31,34-37H2,1-4H3,(H,67,76)(H,69,77)(H,71,78)(H,72,82)(H,73,75)(H3,66,68,81)/t42?,48-,49-,56-,64-/m0/s1. The number of hydrogen-bond donors (Lipinski definition) is 8. The highest BCUT2D eigenvalue weighted by atomic mass is 19.1. The van der Waals surface area contributed by atoms with E-state index in [1.807, 2.05) is 0 Å². The fourth-order valence-electron chi connectivity index (χ4n) is 11.3. The van der Waals surface area contributed by atoms with E-state index in [2.05, 4.69) is 43.7 Å². The average molecular weight is 1250 g/mol. The number of carbonyl (C=O) groups excluding carboxylic acids is 7. The zero-order valence-electron chi connectivity index (χ0n) is 51.4. The maximum atomic E-state index is 15.5. The summed E-state index contributed by atoms with van der Waals surface area (Å²) in [6, 6.07) is 5.88. The van der Waals surface area contributed by atoms with Gasteiger partial charge < -0.3 is 80.5 Å². The number of ether oxygens (including phenoxy) is 7. The van der Waals surface area contributed by atoms with Gasteiger partial charge in [-0.15, -0.1) is 5.92 Å². The number of aliphatic hydroxyl groups is 1. The van der Waals surface area contributed by atoms with Crippen LogP contribution in [0.25, 0.3) is 22.3 Å². The molecule has 0 bridgehead atoms. The van der Waals surface area contributed by atoms with Crippen molar-refractivity contribution < 1.29 is 76.2 Å². The van der Waals surface area contributed by atoms with Crippen molar-refractivity contribution in [1.82, 2.24) is 36.1 Å². The van der Waals surface area contributed by atoms with Crippen LogP contribution in [0.3, 0.4) is 0 Å². The molecule has 25 nitrogen and oxygen atoms in total. The van der Waals surface area contributed by atoms with Crippen molar-refractivity contribution in [2.24, 2.45) is 11.7 Å². The quantitative estimate of drug-likeness (QED) is 0.0168. The summed E-state index contributed by atoms with van der Waals surface area (Å²) in [5, 5.41) is 28.6. The molecule has 2 aromatic carbocycles. The number of nitrogens with two attached hydrogens (primary N) is 1.